The first kappa shape index (κ1) is 14.8. The Kier molecular flexibility index (Phi) is 6.11. The summed E-state index contributed by atoms with van der Waals surface area (Å²) in [5.41, 5.74) is 5.57. The van der Waals surface area contributed by atoms with Crippen LogP contribution < -0.4 is 5.73 Å². The number of amides is 1. The van der Waals surface area contributed by atoms with Crippen LogP contribution >= 0.6 is 0 Å². The van der Waals surface area contributed by atoms with E-state index in [4.69, 9.17) is 5.73 Å². The second-order valence-corrected chi connectivity index (χ2v) is 6.00. The molecule has 2 N–H and O–H groups in total. The highest BCUT2D eigenvalue weighted by Gasteiger charge is 2.27. The van der Waals surface area contributed by atoms with Gasteiger partial charge in [-0.15, -0.1) is 0 Å². The summed E-state index contributed by atoms with van der Waals surface area (Å²) in [7, 11) is 0. The summed E-state index contributed by atoms with van der Waals surface area (Å²) >= 11 is 0. The van der Waals surface area contributed by atoms with Crippen LogP contribution in [0.25, 0.3) is 0 Å². The Morgan fingerprint density at radius 1 is 1.00 bits per heavy atom. The molecule has 0 aromatic heterocycles. The summed E-state index contributed by atoms with van der Waals surface area (Å²) in [5.74, 6) is 0.754. The standard InChI is InChI=1S/C15H29N3O/c16-8-4-9-17-10-5-11-18(13-12-17)15(19)14-6-2-1-3-7-14/h14H,1-13,16H2. The topological polar surface area (TPSA) is 49.6 Å². The fourth-order valence-corrected chi connectivity index (χ4v) is 3.34. The van der Waals surface area contributed by atoms with Crippen molar-refractivity contribution in [3.63, 3.8) is 0 Å². The number of nitrogens with two attached hydrogens (primary N) is 1. The van der Waals surface area contributed by atoms with Crippen molar-refractivity contribution in [3.05, 3.63) is 0 Å². The molecule has 2 fully saturated rings. The van der Waals surface area contributed by atoms with Crippen LogP contribution in [0.2, 0.25) is 0 Å². The van der Waals surface area contributed by atoms with Gasteiger partial charge in [0.15, 0.2) is 0 Å². The van der Waals surface area contributed by atoms with Gasteiger partial charge in [-0.1, -0.05) is 19.3 Å². The van der Waals surface area contributed by atoms with Crippen LogP contribution in [0, 0.1) is 5.92 Å². The van der Waals surface area contributed by atoms with E-state index in [0.717, 1.165) is 65.0 Å². The Morgan fingerprint density at radius 3 is 2.53 bits per heavy atom. The average Bonchev–Trinajstić information content (AvgIpc) is 2.71. The summed E-state index contributed by atoms with van der Waals surface area (Å²) < 4.78 is 0. The fraction of sp³-hybridized carbons (Fsp3) is 0.933. The summed E-state index contributed by atoms with van der Waals surface area (Å²) in [5, 5.41) is 0. The van der Waals surface area contributed by atoms with Crippen molar-refractivity contribution < 1.29 is 4.79 Å². The van der Waals surface area contributed by atoms with E-state index in [1.54, 1.807) is 0 Å². The van der Waals surface area contributed by atoms with Gasteiger partial charge in [-0.25, -0.2) is 0 Å². The molecule has 0 radical (unpaired) electrons. The van der Waals surface area contributed by atoms with Crippen LogP contribution in [0.15, 0.2) is 0 Å². The molecular weight excluding hydrogens is 238 g/mol. The van der Waals surface area contributed by atoms with Gasteiger partial charge in [0.25, 0.3) is 0 Å². The zero-order valence-electron chi connectivity index (χ0n) is 12.1. The van der Waals surface area contributed by atoms with Crippen molar-refractivity contribution in [1.29, 1.82) is 0 Å². The van der Waals surface area contributed by atoms with Gasteiger partial charge in [-0.3, -0.25) is 4.79 Å². The smallest absolute Gasteiger partial charge is 0.225 e. The minimum Gasteiger partial charge on any atom is -0.341 e. The van der Waals surface area contributed by atoms with Crippen LogP contribution in [-0.2, 0) is 4.79 Å². The van der Waals surface area contributed by atoms with Crippen molar-refractivity contribution >= 4 is 5.91 Å². The first-order chi connectivity index (χ1) is 9.31. The molecule has 0 bridgehead atoms. The van der Waals surface area contributed by atoms with Gasteiger partial charge in [0.1, 0.15) is 0 Å². The summed E-state index contributed by atoms with van der Waals surface area (Å²) in [4.78, 5) is 17.1. The van der Waals surface area contributed by atoms with Crippen LogP contribution in [0.4, 0.5) is 0 Å². The molecule has 1 amide bonds. The Labute approximate surface area is 117 Å². The minimum absolute atomic E-state index is 0.323. The number of carbonyl (C=O) groups excluding carboxylic acids is 1. The van der Waals surface area contributed by atoms with Gasteiger partial charge in [0.05, 0.1) is 0 Å². The average molecular weight is 267 g/mol. The summed E-state index contributed by atoms with van der Waals surface area (Å²) in [6, 6.07) is 0. The third-order valence-electron chi connectivity index (χ3n) is 4.53. The van der Waals surface area contributed by atoms with Crippen molar-refractivity contribution in [2.45, 2.75) is 44.9 Å². The summed E-state index contributed by atoms with van der Waals surface area (Å²) in [6.07, 6.45) is 8.22. The predicted molar refractivity (Wildman–Crippen MR) is 77.9 cm³/mol. The highest BCUT2D eigenvalue weighted by atomic mass is 16.2. The van der Waals surface area contributed by atoms with Crippen molar-refractivity contribution in [2.24, 2.45) is 11.7 Å². The third kappa shape index (κ3) is 4.46. The lowest BCUT2D eigenvalue weighted by atomic mass is 9.88. The Balaban J connectivity index is 1.79. The predicted octanol–water partition coefficient (Wildman–Crippen LogP) is 1.45. The van der Waals surface area contributed by atoms with Crippen LogP contribution in [-0.4, -0.2) is 55.0 Å². The molecule has 2 rings (SSSR count). The van der Waals surface area contributed by atoms with Gasteiger partial charge in [0, 0.05) is 25.6 Å². The lowest BCUT2D eigenvalue weighted by Crippen LogP contribution is -2.39. The SMILES string of the molecule is NCCCN1CCCN(C(=O)C2CCCCC2)CC1. The van der Waals surface area contributed by atoms with E-state index in [9.17, 15) is 4.79 Å². The largest absolute Gasteiger partial charge is 0.341 e. The highest BCUT2D eigenvalue weighted by molar-refractivity contribution is 5.79. The quantitative estimate of drug-likeness (QED) is 0.839. The molecule has 1 aliphatic heterocycles. The maximum Gasteiger partial charge on any atom is 0.225 e. The fourth-order valence-electron chi connectivity index (χ4n) is 3.34. The number of nitrogens with zero attached hydrogens (tertiary/aromatic N) is 2. The number of rotatable bonds is 4. The van der Waals surface area contributed by atoms with E-state index >= 15 is 0 Å². The molecular formula is C15H29N3O. The van der Waals surface area contributed by atoms with E-state index in [1.165, 1.54) is 19.3 Å². The Bertz CT molecular complexity index is 277. The van der Waals surface area contributed by atoms with Gasteiger partial charge in [0.2, 0.25) is 5.91 Å². The highest BCUT2D eigenvalue weighted by Crippen LogP contribution is 2.25. The first-order valence-corrected chi connectivity index (χ1v) is 8.02. The number of hydrogen-bond acceptors (Lipinski definition) is 3. The molecule has 0 spiro atoms. The first-order valence-electron chi connectivity index (χ1n) is 8.02. The zero-order valence-corrected chi connectivity index (χ0v) is 12.1. The van der Waals surface area contributed by atoms with E-state index in [1.807, 2.05) is 0 Å². The van der Waals surface area contributed by atoms with Crippen LogP contribution in [0.3, 0.4) is 0 Å². The Hall–Kier alpha value is -0.610. The molecule has 4 nitrogen and oxygen atoms in total. The second-order valence-electron chi connectivity index (χ2n) is 6.00. The van der Waals surface area contributed by atoms with E-state index < -0.39 is 0 Å². The third-order valence-corrected chi connectivity index (χ3v) is 4.53. The molecule has 110 valence electrons. The van der Waals surface area contributed by atoms with Gasteiger partial charge < -0.3 is 15.5 Å². The van der Waals surface area contributed by atoms with E-state index in [2.05, 4.69) is 9.80 Å². The molecule has 0 unspecified atom stereocenters. The lowest BCUT2D eigenvalue weighted by molar-refractivity contribution is -0.136. The van der Waals surface area contributed by atoms with Gasteiger partial charge >= 0.3 is 0 Å². The van der Waals surface area contributed by atoms with Crippen LogP contribution in [0.5, 0.6) is 0 Å². The van der Waals surface area contributed by atoms with E-state index in [0.29, 0.717) is 11.8 Å². The maximum absolute atomic E-state index is 12.5. The molecule has 19 heavy (non-hydrogen) atoms. The molecule has 1 heterocycles. The molecule has 4 heteroatoms. The number of hydrogen-bond donors (Lipinski definition) is 1. The molecule has 0 aromatic carbocycles. The Morgan fingerprint density at radius 2 is 1.79 bits per heavy atom. The van der Waals surface area contributed by atoms with E-state index in [-0.39, 0.29) is 0 Å². The normalized spacial score (nSPS) is 23.3. The minimum atomic E-state index is 0.323. The molecule has 1 saturated carbocycles. The molecule has 2 aliphatic rings. The van der Waals surface area contributed by atoms with Crippen LogP contribution in [0.1, 0.15) is 44.9 Å². The van der Waals surface area contributed by atoms with Gasteiger partial charge in [-0.2, -0.15) is 0 Å². The maximum atomic E-state index is 12.5. The molecule has 1 aliphatic carbocycles. The number of carbonyl (C=O) groups is 1. The molecule has 0 aromatic rings. The zero-order chi connectivity index (χ0) is 13.5. The molecule has 0 atom stereocenters. The monoisotopic (exact) mass is 267 g/mol. The van der Waals surface area contributed by atoms with Crippen molar-refractivity contribution in [2.75, 3.05) is 39.3 Å². The lowest BCUT2D eigenvalue weighted by Gasteiger charge is -2.28. The molecule has 1 saturated heterocycles. The van der Waals surface area contributed by atoms with Crippen molar-refractivity contribution in [1.82, 2.24) is 9.80 Å². The van der Waals surface area contributed by atoms with Gasteiger partial charge in [-0.05, 0) is 45.3 Å². The summed E-state index contributed by atoms with van der Waals surface area (Å²) in [6.45, 7) is 5.87. The van der Waals surface area contributed by atoms with Crippen molar-refractivity contribution in [3.8, 4) is 0 Å². The second kappa shape index (κ2) is 7.85.